The van der Waals surface area contributed by atoms with E-state index in [1.165, 1.54) is 33.3 Å². The smallest absolute Gasteiger partial charge is 0.303 e. The molecule has 12 atom stereocenters. The highest BCUT2D eigenvalue weighted by atomic mass is 16.6. The molecule has 4 saturated carbocycles. The van der Waals surface area contributed by atoms with Crippen molar-refractivity contribution in [3.63, 3.8) is 0 Å². The molecular weight excluding hydrogens is 616 g/mol. The van der Waals surface area contributed by atoms with Gasteiger partial charge >= 0.3 is 23.9 Å². The van der Waals surface area contributed by atoms with Crippen molar-refractivity contribution >= 4 is 23.9 Å². The number of aliphatic hydroxyl groups excluding tert-OH is 2. The SMILES string of the molecule is CC(=O)OCC12C(O)CC3(C)C(=CCC4C5(C)CCC(OC(C)=O)C(C)(CO)C5CCC43C)C1CC(C)(C)C(OC(C)=O)C2OC(C)=O. The maximum absolute atomic E-state index is 12.7. The monoisotopic (exact) mass is 674 g/mol. The molecule has 10 nitrogen and oxygen atoms in total. The fourth-order valence-electron chi connectivity index (χ4n) is 12.2. The van der Waals surface area contributed by atoms with Crippen molar-refractivity contribution in [3.8, 4) is 0 Å². The second kappa shape index (κ2) is 12.1. The van der Waals surface area contributed by atoms with E-state index in [2.05, 4.69) is 33.8 Å². The summed E-state index contributed by atoms with van der Waals surface area (Å²) in [5.41, 5.74) is -2.13. The Kier molecular flexibility index (Phi) is 9.28. The Labute approximate surface area is 285 Å². The molecule has 0 radical (unpaired) electrons. The summed E-state index contributed by atoms with van der Waals surface area (Å²) in [5, 5.41) is 23.4. The number of fused-ring (bicyclic) bond motifs is 7. The lowest BCUT2D eigenvalue weighted by Gasteiger charge is -2.72. The molecule has 10 heteroatoms. The molecule has 5 rings (SSSR count). The van der Waals surface area contributed by atoms with Crippen molar-refractivity contribution in [2.45, 2.75) is 139 Å². The highest BCUT2D eigenvalue weighted by Crippen LogP contribution is 2.76. The summed E-state index contributed by atoms with van der Waals surface area (Å²) < 4.78 is 23.5. The summed E-state index contributed by atoms with van der Waals surface area (Å²) in [6.45, 7) is 18.2. The summed E-state index contributed by atoms with van der Waals surface area (Å²) >= 11 is 0. The zero-order valence-corrected chi connectivity index (χ0v) is 30.6. The van der Waals surface area contributed by atoms with E-state index in [0.717, 1.165) is 25.7 Å². The van der Waals surface area contributed by atoms with E-state index < -0.39 is 57.9 Å². The van der Waals surface area contributed by atoms with Crippen LogP contribution >= 0.6 is 0 Å². The van der Waals surface area contributed by atoms with Crippen molar-refractivity contribution in [1.82, 2.24) is 0 Å². The lowest BCUT2D eigenvalue weighted by atomic mass is 9.33. The van der Waals surface area contributed by atoms with Gasteiger partial charge in [-0.25, -0.2) is 0 Å². The lowest BCUT2D eigenvalue weighted by molar-refractivity contribution is -0.269. The number of carbonyl (C=O) groups is 4. The van der Waals surface area contributed by atoms with Gasteiger partial charge in [0.15, 0.2) is 6.10 Å². The van der Waals surface area contributed by atoms with Gasteiger partial charge in [-0.3, -0.25) is 19.2 Å². The maximum Gasteiger partial charge on any atom is 0.303 e. The molecule has 0 bridgehead atoms. The summed E-state index contributed by atoms with van der Waals surface area (Å²) in [6, 6.07) is 0. The van der Waals surface area contributed by atoms with Crippen LogP contribution in [0.4, 0.5) is 0 Å². The van der Waals surface area contributed by atoms with Gasteiger partial charge in [-0.2, -0.15) is 0 Å². The number of carbonyl (C=O) groups excluding carboxylic acids is 4. The number of rotatable bonds is 6. The third-order valence-corrected chi connectivity index (χ3v) is 14.6. The van der Waals surface area contributed by atoms with Crippen LogP contribution in [0.5, 0.6) is 0 Å². The van der Waals surface area contributed by atoms with Crippen LogP contribution < -0.4 is 0 Å². The summed E-state index contributed by atoms with van der Waals surface area (Å²) in [6.07, 6.45) is 3.94. The van der Waals surface area contributed by atoms with Crippen LogP contribution in [0.2, 0.25) is 0 Å². The van der Waals surface area contributed by atoms with Crippen molar-refractivity contribution in [2.75, 3.05) is 13.2 Å². The van der Waals surface area contributed by atoms with Crippen LogP contribution in [-0.2, 0) is 38.1 Å². The molecule has 0 heterocycles. The van der Waals surface area contributed by atoms with E-state index in [0.29, 0.717) is 19.3 Å². The zero-order chi connectivity index (χ0) is 35.8. The number of hydrogen-bond acceptors (Lipinski definition) is 10. The molecule has 0 saturated heterocycles. The first-order chi connectivity index (χ1) is 22.1. The number of aliphatic hydroxyl groups is 2. The normalized spacial score (nSPS) is 45.9. The summed E-state index contributed by atoms with van der Waals surface area (Å²) in [5.74, 6) is -1.89. The highest BCUT2D eigenvalue weighted by Gasteiger charge is 2.74. The summed E-state index contributed by atoms with van der Waals surface area (Å²) in [7, 11) is 0. The van der Waals surface area contributed by atoms with Gasteiger partial charge < -0.3 is 29.2 Å². The minimum Gasteiger partial charge on any atom is -0.465 e. The van der Waals surface area contributed by atoms with E-state index in [4.69, 9.17) is 18.9 Å². The van der Waals surface area contributed by atoms with Gasteiger partial charge in [0.2, 0.25) is 0 Å². The molecule has 12 unspecified atom stereocenters. The van der Waals surface area contributed by atoms with Gasteiger partial charge in [0.25, 0.3) is 0 Å². The lowest BCUT2D eigenvalue weighted by Crippen LogP contribution is -2.72. The molecule has 5 aliphatic rings. The number of allylic oxidation sites excluding steroid dienone is 2. The predicted octanol–water partition coefficient (Wildman–Crippen LogP) is 5.31. The molecule has 48 heavy (non-hydrogen) atoms. The zero-order valence-electron chi connectivity index (χ0n) is 30.6. The van der Waals surface area contributed by atoms with Gasteiger partial charge in [0.05, 0.1) is 18.1 Å². The van der Waals surface area contributed by atoms with E-state index in [-0.39, 0.29) is 53.9 Å². The second-order valence-corrected chi connectivity index (χ2v) is 17.5. The average Bonchev–Trinajstić information content (AvgIpc) is 2.96. The summed E-state index contributed by atoms with van der Waals surface area (Å²) in [4.78, 5) is 49.6. The molecule has 0 aromatic heterocycles. The Balaban J connectivity index is 1.65. The van der Waals surface area contributed by atoms with Crippen LogP contribution in [0.15, 0.2) is 11.6 Å². The van der Waals surface area contributed by atoms with Crippen LogP contribution in [0.3, 0.4) is 0 Å². The Bertz CT molecular complexity index is 1370. The molecule has 2 N–H and O–H groups in total. The topological polar surface area (TPSA) is 146 Å². The Hall–Kier alpha value is -2.46. The van der Waals surface area contributed by atoms with Gasteiger partial charge in [-0.05, 0) is 78.9 Å². The minimum atomic E-state index is -1.24. The highest BCUT2D eigenvalue weighted by molar-refractivity contribution is 5.68. The van der Waals surface area contributed by atoms with Crippen molar-refractivity contribution in [2.24, 2.45) is 50.2 Å². The molecule has 270 valence electrons. The van der Waals surface area contributed by atoms with Crippen LogP contribution in [0, 0.1) is 50.2 Å². The Morgan fingerprint density at radius 1 is 0.792 bits per heavy atom. The number of hydrogen-bond donors (Lipinski definition) is 2. The molecule has 0 aromatic carbocycles. The number of ether oxygens (including phenoxy) is 4. The minimum absolute atomic E-state index is 0.0669. The fraction of sp³-hybridized carbons (Fsp3) is 0.842. The molecule has 0 aliphatic heterocycles. The van der Waals surface area contributed by atoms with Crippen molar-refractivity contribution in [1.29, 1.82) is 0 Å². The van der Waals surface area contributed by atoms with Crippen molar-refractivity contribution in [3.05, 3.63) is 11.6 Å². The molecule has 0 aromatic rings. The quantitative estimate of drug-likeness (QED) is 0.216. The van der Waals surface area contributed by atoms with Crippen LogP contribution in [0.25, 0.3) is 0 Å². The average molecular weight is 675 g/mol. The fourth-order valence-corrected chi connectivity index (χ4v) is 12.2. The molecular formula is C38H58O10. The van der Waals surface area contributed by atoms with Gasteiger partial charge in [0.1, 0.15) is 18.8 Å². The third kappa shape index (κ3) is 5.25. The van der Waals surface area contributed by atoms with Gasteiger partial charge in [-0.15, -0.1) is 0 Å². The van der Waals surface area contributed by atoms with Crippen LogP contribution in [0.1, 0.15) is 114 Å². The third-order valence-electron chi connectivity index (χ3n) is 14.6. The molecule has 0 amide bonds. The van der Waals surface area contributed by atoms with E-state index in [1.807, 2.05) is 13.8 Å². The predicted molar refractivity (Wildman–Crippen MR) is 176 cm³/mol. The first-order valence-electron chi connectivity index (χ1n) is 17.8. The molecule has 0 spiro atoms. The Morgan fingerprint density at radius 2 is 1.40 bits per heavy atom. The molecule has 5 aliphatic carbocycles. The largest absolute Gasteiger partial charge is 0.465 e. The first kappa shape index (κ1) is 36.8. The van der Waals surface area contributed by atoms with Crippen LogP contribution in [-0.4, -0.2) is 71.7 Å². The number of esters is 4. The van der Waals surface area contributed by atoms with E-state index >= 15 is 0 Å². The first-order valence-corrected chi connectivity index (χ1v) is 17.8. The maximum atomic E-state index is 12.7. The second-order valence-electron chi connectivity index (χ2n) is 17.5. The van der Waals surface area contributed by atoms with Gasteiger partial charge in [-0.1, -0.05) is 53.2 Å². The standard InChI is InChI=1S/C38H58O10/c1-21(40)45-20-38-26(17-33(5,6)31(47-23(3)42)32(38)48-24(4)43)25-11-12-28-34(7)15-14-30(46-22(2)41)35(8,19-39)27(34)13-16-36(28,9)37(25,10)18-29(38)44/h11,26-32,39,44H,12-20H2,1-10H3. The molecule has 4 fully saturated rings. The van der Waals surface area contributed by atoms with Crippen molar-refractivity contribution < 1.29 is 48.3 Å². The van der Waals surface area contributed by atoms with E-state index in [1.54, 1.807) is 0 Å². The van der Waals surface area contributed by atoms with E-state index in [9.17, 15) is 29.4 Å². The Morgan fingerprint density at radius 3 is 1.96 bits per heavy atom. The van der Waals surface area contributed by atoms with Gasteiger partial charge in [0, 0.05) is 38.5 Å².